The number of aromatic nitrogens is 5. The van der Waals surface area contributed by atoms with Gasteiger partial charge in [0.05, 0.1) is 30.1 Å². The number of fused-ring (bicyclic) bond motifs is 1. The number of likely N-dealkylation sites (tertiary alicyclic amines) is 1. The first-order valence-electron chi connectivity index (χ1n) is 14.0. The quantitative estimate of drug-likeness (QED) is 0.290. The summed E-state index contributed by atoms with van der Waals surface area (Å²) in [5, 5.41) is 18.7. The summed E-state index contributed by atoms with van der Waals surface area (Å²) < 4.78 is 16.1. The van der Waals surface area contributed by atoms with Gasteiger partial charge in [0.2, 0.25) is 11.8 Å². The molecule has 3 amide bonds. The Morgan fingerprint density at radius 1 is 1.12 bits per heavy atom. The standard InChI is InChI=1S/C29H31FN10O3/c1-17-14-38(10-9-32-17)28-22(3-2-7-33-28)36-29(43)24-12-20(30)15-39(24)25(41)16-40-23-5-4-18(19-6-8-34-35-13-19)11-21(23)26(37-40)27(31)42/h2-8,11,13,17,20,24,32H,9-10,12,14-16H2,1H3,(H2,31,42)(H,36,43). The van der Waals surface area contributed by atoms with Gasteiger partial charge in [-0.25, -0.2) is 9.37 Å². The van der Waals surface area contributed by atoms with Gasteiger partial charge in [-0.1, -0.05) is 6.07 Å². The highest BCUT2D eigenvalue weighted by Crippen LogP contribution is 2.29. The average molecular weight is 587 g/mol. The van der Waals surface area contributed by atoms with Crippen molar-refractivity contribution in [1.82, 2.24) is 35.2 Å². The zero-order chi connectivity index (χ0) is 30.1. The molecule has 3 atom stereocenters. The molecule has 4 aromatic rings. The zero-order valence-electron chi connectivity index (χ0n) is 23.5. The number of pyridine rings is 1. The van der Waals surface area contributed by atoms with Crippen LogP contribution < -0.4 is 21.3 Å². The Bertz CT molecular complexity index is 1680. The second-order valence-corrected chi connectivity index (χ2v) is 10.8. The van der Waals surface area contributed by atoms with Crippen molar-refractivity contribution in [1.29, 1.82) is 0 Å². The molecule has 0 aliphatic carbocycles. The molecule has 1 aromatic carbocycles. The van der Waals surface area contributed by atoms with Crippen molar-refractivity contribution in [2.75, 3.05) is 36.4 Å². The number of nitrogens with zero attached hydrogens (tertiary/aromatic N) is 7. The van der Waals surface area contributed by atoms with Gasteiger partial charge in [0.25, 0.3) is 5.91 Å². The number of anilines is 2. The molecule has 2 aliphatic heterocycles. The van der Waals surface area contributed by atoms with Crippen LogP contribution in [0.3, 0.4) is 0 Å². The maximum atomic E-state index is 14.7. The van der Waals surface area contributed by atoms with E-state index in [0.29, 0.717) is 29.0 Å². The molecule has 0 radical (unpaired) electrons. The lowest BCUT2D eigenvalue weighted by Gasteiger charge is -2.34. The SMILES string of the molecule is CC1CN(c2ncccc2NC(=O)C2CC(F)CN2C(=O)Cn2nc(C(N)=O)c3cc(-c4ccnnc4)ccc32)CCN1. The smallest absolute Gasteiger partial charge is 0.269 e. The number of benzene rings is 1. The number of nitrogens with two attached hydrogens (primary N) is 1. The van der Waals surface area contributed by atoms with E-state index in [1.165, 1.54) is 9.58 Å². The number of rotatable bonds is 7. The monoisotopic (exact) mass is 586 g/mol. The molecule has 4 N–H and O–H groups in total. The first kappa shape index (κ1) is 28.2. The van der Waals surface area contributed by atoms with Crippen LogP contribution in [0.4, 0.5) is 15.9 Å². The number of halogens is 1. The van der Waals surface area contributed by atoms with E-state index in [9.17, 15) is 18.8 Å². The van der Waals surface area contributed by atoms with E-state index in [1.807, 2.05) is 0 Å². The number of piperazine rings is 1. The lowest BCUT2D eigenvalue weighted by atomic mass is 10.0. The highest BCUT2D eigenvalue weighted by molar-refractivity contribution is 6.05. The molecule has 3 aromatic heterocycles. The molecule has 2 saturated heterocycles. The van der Waals surface area contributed by atoms with Crippen molar-refractivity contribution >= 4 is 40.1 Å². The van der Waals surface area contributed by atoms with E-state index in [4.69, 9.17) is 5.73 Å². The van der Waals surface area contributed by atoms with Crippen LogP contribution in [-0.4, -0.2) is 92.0 Å². The Balaban J connectivity index is 1.23. The van der Waals surface area contributed by atoms with Gasteiger partial charge < -0.3 is 26.2 Å². The summed E-state index contributed by atoms with van der Waals surface area (Å²) >= 11 is 0. The molecular weight excluding hydrogens is 555 g/mol. The summed E-state index contributed by atoms with van der Waals surface area (Å²) in [6.45, 7) is 3.74. The Hall–Kier alpha value is -4.98. The fourth-order valence-electron chi connectivity index (χ4n) is 5.74. The number of alkyl halides is 1. The van der Waals surface area contributed by atoms with Crippen molar-refractivity contribution in [2.45, 2.75) is 38.1 Å². The van der Waals surface area contributed by atoms with E-state index < -0.39 is 29.9 Å². The largest absolute Gasteiger partial charge is 0.364 e. The molecule has 13 nitrogen and oxygen atoms in total. The van der Waals surface area contributed by atoms with Crippen LogP contribution in [0.15, 0.2) is 55.0 Å². The van der Waals surface area contributed by atoms with E-state index in [1.54, 1.807) is 55.0 Å². The van der Waals surface area contributed by atoms with Crippen LogP contribution in [0.2, 0.25) is 0 Å². The predicted molar refractivity (Wildman–Crippen MR) is 157 cm³/mol. The number of hydrogen-bond acceptors (Lipinski definition) is 9. The van der Waals surface area contributed by atoms with Crippen LogP contribution in [0.1, 0.15) is 23.8 Å². The molecule has 0 saturated carbocycles. The minimum atomic E-state index is -1.37. The second kappa shape index (κ2) is 11.7. The summed E-state index contributed by atoms with van der Waals surface area (Å²) in [5.41, 5.74) is 8.15. The van der Waals surface area contributed by atoms with Crippen molar-refractivity contribution < 1.29 is 18.8 Å². The Labute approximate surface area is 246 Å². The summed E-state index contributed by atoms with van der Waals surface area (Å²) in [4.78, 5) is 47.1. The molecule has 0 spiro atoms. The van der Waals surface area contributed by atoms with Gasteiger partial charge in [0.1, 0.15) is 18.8 Å². The fraction of sp³-hybridized carbons (Fsp3) is 0.345. The van der Waals surface area contributed by atoms with E-state index in [2.05, 4.69) is 42.7 Å². The van der Waals surface area contributed by atoms with E-state index >= 15 is 0 Å². The van der Waals surface area contributed by atoms with Crippen LogP contribution in [0.25, 0.3) is 22.0 Å². The average Bonchev–Trinajstić information content (AvgIpc) is 3.58. The van der Waals surface area contributed by atoms with Gasteiger partial charge in [0, 0.05) is 49.2 Å². The van der Waals surface area contributed by atoms with Crippen molar-refractivity contribution in [3.05, 3.63) is 60.7 Å². The van der Waals surface area contributed by atoms with Crippen molar-refractivity contribution in [3.8, 4) is 11.1 Å². The highest BCUT2D eigenvalue weighted by atomic mass is 19.1. The third-order valence-corrected chi connectivity index (χ3v) is 7.77. The number of nitrogens with one attached hydrogen (secondary N) is 2. The molecule has 6 rings (SSSR count). The molecule has 0 bridgehead atoms. The molecule has 14 heteroatoms. The number of carbonyl (C=O) groups is 3. The van der Waals surface area contributed by atoms with Crippen LogP contribution in [-0.2, 0) is 16.1 Å². The number of primary amides is 1. The third-order valence-electron chi connectivity index (χ3n) is 7.77. The van der Waals surface area contributed by atoms with Gasteiger partial charge in [0.15, 0.2) is 11.5 Å². The minimum absolute atomic E-state index is 0.00270. The zero-order valence-corrected chi connectivity index (χ0v) is 23.5. The summed E-state index contributed by atoms with van der Waals surface area (Å²) in [6, 6.07) is 9.74. The lowest BCUT2D eigenvalue weighted by molar-refractivity contribution is -0.137. The van der Waals surface area contributed by atoms with Gasteiger partial charge in [-0.15, -0.1) is 0 Å². The number of amides is 3. The van der Waals surface area contributed by atoms with Crippen LogP contribution in [0.5, 0.6) is 0 Å². The van der Waals surface area contributed by atoms with Crippen molar-refractivity contribution in [2.24, 2.45) is 5.73 Å². The van der Waals surface area contributed by atoms with Crippen LogP contribution in [0, 0.1) is 0 Å². The summed E-state index contributed by atoms with van der Waals surface area (Å²) in [7, 11) is 0. The maximum Gasteiger partial charge on any atom is 0.269 e. The number of carbonyl (C=O) groups excluding carboxylic acids is 3. The molecule has 3 unspecified atom stereocenters. The molecule has 43 heavy (non-hydrogen) atoms. The summed E-state index contributed by atoms with van der Waals surface area (Å²) in [6.07, 6.45) is 3.30. The van der Waals surface area contributed by atoms with Crippen LogP contribution >= 0.6 is 0 Å². The fourth-order valence-corrected chi connectivity index (χ4v) is 5.74. The minimum Gasteiger partial charge on any atom is -0.364 e. The van der Waals surface area contributed by atoms with Gasteiger partial charge >= 0.3 is 0 Å². The molecular formula is C29H31FN10O3. The Kier molecular flexibility index (Phi) is 7.67. The normalized spacial score (nSPS) is 20.4. The van der Waals surface area contributed by atoms with Gasteiger partial charge in [-0.2, -0.15) is 15.3 Å². The first-order chi connectivity index (χ1) is 20.8. The summed E-state index contributed by atoms with van der Waals surface area (Å²) in [5.74, 6) is -1.13. The topological polar surface area (TPSA) is 164 Å². The highest BCUT2D eigenvalue weighted by Gasteiger charge is 2.40. The van der Waals surface area contributed by atoms with Gasteiger partial charge in [-0.05, 0) is 42.8 Å². The Morgan fingerprint density at radius 3 is 2.74 bits per heavy atom. The number of hydrogen-bond donors (Lipinski definition) is 3. The second-order valence-electron chi connectivity index (χ2n) is 10.8. The predicted octanol–water partition coefficient (Wildman–Crippen LogP) is 1.36. The molecule has 222 valence electrons. The van der Waals surface area contributed by atoms with E-state index in [-0.39, 0.29) is 31.2 Å². The lowest BCUT2D eigenvalue weighted by Crippen LogP contribution is -2.50. The Morgan fingerprint density at radius 2 is 1.98 bits per heavy atom. The van der Waals surface area contributed by atoms with E-state index in [0.717, 1.165) is 24.2 Å². The first-order valence-corrected chi connectivity index (χ1v) is 14.0. The molecule has 2 aliphatic rings. The maximum absolute atomic E-state index is 14.7. The molecule has 5 heterocycles. The van der Waals surface area contributed by atoms with Crippen molar-refractivity contribution in [3.63, 3.8) is 0 Å². The molecule has 2 fully saturated rings. The third kappa shape index (κ3) is 5.73. The van der Waals surface area contributed by atoms with Gasteiger partial charge in [-0.3, -0.25) is 19.1 Å².